The second-order valence-electron chi connectivity index (χ2n) is 9.26. The number of nitrogens with zero attached hydrogens (tertiary/aromatic N) is 3. The second kappa shape index (κ2) is 10.8. The molecule has 0 spiro atoms. The first-order valence-corrected chi connectivity index (χ1v) is 13.5. The van der Waals surface area contributed by atoms with E-state index in [2.05, 4.69) is 0 Å². The van der Waals surface area contributed by atoms with E-state index in [0.29, 0.717) is 49.7 Å². The maximum Gasteiger partial charge on any atom is 0.260 e. The summed E-state index contributed by atoms with van der Waals surface area (Å²) in [6, 6.07) is 14.6. The molecule has 0 bridgehead atoms. The summed E-state index contributed by atoms with van der Waals surface area (Å²) in [5, 5.41) is 0. The van der Waals surface area contributed by atoms with Gasteiger partial charge in [0, 0.05) is 45.2 Å². The minimum Gasteiger partial charge on any atom is -0.484 e. The summed E-state index contributed by atoms with van der Waals surface area (Å²) in [5.41, 5.74) is 1.76. The predicted octanol–water partition coefficient (Wildman–Crippen LogP) is 2.45. The molecule has 8 nitrogen and oxygen atoms in total. The van der Waals surface area contributed by atoms with Crippen molar-refractivity contribution in [3.05, 3.63) is 59.7 Å². The molecule has 0 unspecified atom stereocenters. The fourth-order valence-electron chi connectivity index (χ4n) is 4.76. The van der Waals surface area contributed by atoms with Crippen LogP contribution in [0, 0.1) is 19.8 Å². The Kier molecular flexibility index (Phi) is 7.76. The van der Waals surface area contributed by atoms with Crippen LogP contribution < -0.4 is 4.74 Å². The maximum absolute atomic E-state index is 13.1. The topological polar surface area (TPSA) is 87.2 Å². The Morgan fingerprint density at radius 2 is 1.54 bits per heavy atom. The zero-order chi connectivity index (χ0) is 25.0. The standard InChI is InChI=1S/C26H33N3O5S/c1-20-8-9-24(21(2)18-20)35(32,33)29-16-14-28(15-17-29)26(31)22-10-12-27(13-11-22)25(30)19-34-23-6-4-3-5-7-23/h3-9,18,22H,10-17,19H2,1-2H3. The number of likely N-dealkylation sites (tertiary alicyclic amines) is 1. The van der Waals surface area contributed by atoms with Gasteiger partial charge in [0.2, 0.25) is 15.9 Å². The molecule has 2 aliphatic rings. The third-order valence-electron chi connectivity index (χ3n) is 6.80. The minimum atomic E-state index is -3.59. The number of piperidine rings is 1. The van der Waals surface area contributed by atoms with E-state index in [1.165, 1.54) is 4.31 Å². The van der Waals surface area contributed by atoms with Crippen LogP contribution in [0.15, 0.2) is 53.4 Å². The van der Waals surface area contributed by atoms with Gasteiger partial charge in [0.25, 0.3) is 5.91 Å². The van der Waals surface area contributed by atoms with Crippen molar-refractivity contribution in [2.24, 2.45) is 5.92 Å². The van der Waals surface area contributed by atoms with Gasteiger partial charge in [-0.3, -0.25) is 9.59 Å². The third-order valence-corrected chi connectivity index (χ3v) is 8.86. The highest BCUT2D eigenvalue weighted by atomic mass is 32.2. The molecule has 2 aromatic carbocycles. The summed E-state index contributed by atoms with van der Waals surface area (Å²) in [7, 11) is -3.59. The number of benzene rings is 2. The van der Waals surface area contributed by atoms with Crippen LogP contribution in [0.4, 0.5) is 0 Å². The van der Waals surface area contributed by atoms with E-state index in [1.807, 2.05) is 56.3 Å². The minimum absolute atomic E-state index is 0.0144. The third kappa shape index (κ3) is 5.85. The lowest BCUT2D eigenvalue weighted by Gasteiger charge is -2.38. The van der Waals surface area contributed by atoms with Crippen molar-refractivity contribution in [3.63, 3.8) is 0 Å². The zero-order valence-corrected chi connectivity index (χ0v) is 21.2. The number of sulfonamides is 1. The summed E-state index contributed by atoms with van der Waals surface area (Å²) >= 11 is 0. The molecule has 0 atom stereocenters. The van der Waals surface area contributed by atoms with Gasteiger partial charge in [-0.2, -0.15) is 4.31 Å². The van der Waals surface area contributed by atoms with E-state index in [-0.39, 0.29) is 37.4 Å². The van der Waals surface area contributed by atoms with Gasteiger partial charge in [0.15, 0.2) is 6.61 Å². The number of hydrogen-bond acceptors (Lipinski definition) is 5. The van der Waals surface area contributed by atoms with Crippen molar-refractivity contribution in [1.29, 1.82) is 0 Å². The van der Waals surface area contributed by atoms with E-state index in [4.69, 9.17) is 4.74 Å². The molecule has 0 aliphatic carbocycles. The van der Waals surface area contributed by atoms with Crippen molar-refractivity contribution in [1.82, 2.24) is 14.1 Å². The molecule has 0 aromatic heterocycles. The Labute approximate surface area is 207 Å². The van der Waals surface area contributed by atoms with E-state index in [0.717, 1.165) is 11.1 Å². The molecule has 188 valence electrons. The van der Waals surface area contributed by atoms with Gasteiger partial charge in [0.1, 0.15) is 5.75 Å². The first kappa shape index (κ1) is 25.2. The predicted molar refractivity (Wildman–Crippen MR) is 132 cm³/mol. The summed E-state index contributed by atoms with van der Waals surface area (Å²) in [6.07, 6.45) is 1.22. The summed E-state index contributed by atoms with van der Waals surface area (Å²) in [4.78, 5) is 29.4. The van der Waals surface area contributed by atoms with Crippen LogP contribution in [0.3, 0.4) is 0 Å². The highest BCUT2D eigenvalue weighted by Gasteiger charge is 2.35. The van der Waals surface area contributed by atoms with Gasteiger partial charge in [0.05, 0.1) is 4.90 Å². The average molecular weight is 500 g/mol. The lowest BCUT2D eigenvalue weighted by atomic mass is 9.95. The Morgan fingerprint density at radius 3 is 2.17 bits per heavy atom. The summed E-state index contributed by atoms with van der Waals surface area (Å²) < 4.78 is 33.3. The number of amides is 2. The lowest BCUT2D eigenvalue weighted by Crippen LogP contribution is -2.53. The van der Waals surface area contributed by atoms with Gasteiger partial charge in [-0.15, -0.1) is 0 Å². The monoisotopic (exact) mass is 499 g/mol. The Balaban J connectivity index is 1.25. The quantitative estimate of drug-likeness (QED) is 0.609. The molecule has 2 heterocycles. The maximum atomic E-state index is 13.1. The highest BCUT2D eigenvalue weighted by Crippen LogP contribution is 2.24. The molecule has 2 fully saturated rings. The van der Waals surface area contributed by atoms with E-state index in [9.17, 15) is 18.0 Å². The highest BCUT2D eigenvalue weighted by molar-refractivity contribution is 7.89. The number of aryl methyl sites for hydroxylation is 2. The SMILES string of the molecule is Cc1ccc(S(=O)(=O)N2CCN(C(=O)C3CCN(C(=O)COc4ccccc4)CC3)CC2)c(C)c1. The fourth-order valence-corrected chi connectivity index (χ4v) is 6.39. The van der Waals surface area contributed by atoms with Crippen molar-refractivity contribution in [2.75, 3.05) is 45.9 Å². The van der Waals surface area contributed by atoms with Crippen molar-refractivity contribution in [3.8, 4) is 5.75 Å². The molecular weight excluding hydrogens is 466 g/mol. The van der Waals surface area contributed by atoms with Crippen molar-refractivity contribution in [2.45, 2.75) is 31.6 Å². The molecule has 2 amide bonds. The van der Waals surface area contributed by atoms with E-state index in [1.54, 1.807) is 15.9 Å². The van der Waals surface area contributed by atoms with Crippen LogP contribution in [0.25, 0.3) is 0 Å². The molecule has 2 saturated heterocycles. The molecule has 0 N–H and O–H groups in total. The fraction of sp³-hybridized carbons (Fsp3) is 0.462. The van der Waals surface area contributed by atoms with Gasteiger partial charge in [-0.1, -0.05) is 35.9 Å². The van der Waals surface area contributed by atoms with Gasteiger partial charge in [-0.05, 0) is 50.5 Å². The van der Waals surface area contributed by atoms with Crippen LogP contribution in [0.2, 0.25) is 0 Å². The Bertz CT molecular complexity index is 1150. The molecule has 2 aliphatic heterocycles. The van der Waals surface area contributed by atoms with Crippen molar-refractivity contribution >= 4 is 21.8 Å². The number of hydrogen-bond donors (Lipinski definition) is 0. The Hall–Kier alpha value is -2.91. The molecule has 4 rings (SSSR count). The first-order chi connectivity index (χ1) is 16.8. The number of piperazine rings is 1. The van der Waals surface area contributed by atoms with Gasteiger partial charge in [-0.25, -0.2) is 8.42 Å². The molecule has 0 radical (unpaired) electrons. The van der Waals surface area contributed by atoms with Crippen LogP contribution in [-0.4, -0.2) is 80.2 Å². The lowest BCUT2D eigenvalue weighted by molar-refractivity contribution is -0.142. The zero-order valence-electron chi connectivity index (χ0n) is 20.4. The van der Waals surface area contributed by atoms with Crippen LogP contribution >= 0.6 is 0 Å². The van der Waals surface area contributed by atoms with Gasteiger partial charge >= 0.3 is 0 Å². The number of rotatable bonds is 6. The average Bonchev–Trinajstić information content (AvgIpc) is 2.87. The van der Waals surface area contributed by atoms with Crippen LogP contribution in [0.1, 0.15) is 24.0 Å². The summed E-state index contributed by atoms with van der Waals surface area (Å²) in [6.45, 7) is 6.12. The van der Waals surface area contributed by atoms with Crippen molar-refractivity contribution < 1.29 is 22.7 Å². The van der Waals surface area contributed by atoms with E-state index >= 15 is 0 Å². The van der Waals surface area contributed by atoms with E-state index < -0.39 is 10.0 Å². The molecule has 35 heavy (non-hydrogen) atoms. The number of para-hydroxylation sites is 1. The number of carbonyl (C=O) groups is 2. The second-order valence-corrected chi connectivity index (χ2v) is 11.2. The molecule has 0 saturated carbocycles. The normalized spacial score (nSPS) is 17.9. The molecular formula is C26H33N3O5S. The van der Waals surface area contributed by atoms with Crippen LogP contribution in [-0.2, 0) is 19.6 Å². The molecule has 9 heteroatoms. The summed E-state index contributed by atoms with van der Waals surface area (Å²) in [5.74, 6) is 0.493. The van der Waals surface area contributed by atoms with Gasteiger partial charge < -0.3 is 14.5 Å². The molecule has 2 aromatic rings. The largest absolute Gasteiger partial charge is 0.484 e. The number of carbonyl (C=O) groups excluding carboxylic acids is 2. The Morgan fingerprint density at radius 1 is 0.886 bits per heavy atom. The first-order valence-electron chi connectivity index (χ1n) is 12.1. The number of ether oxygens (including phenoxy) is 1. The smallest absolute Gasteiger partial charge is 0.260 e. The van der Waals surface area contributed by atoms with Crippen LogP contribution in [0.5, 0.6) is 5.75 Å².